The van der Waals surface area contributed by atoms with Crippen molar-refractivity contribution in [1.29, 1.82) is 0 Å². The van der Waals surface area contributed by atoms with Gasteiger partial charge in [-0.25, -0.2) is 4.79 Å². The Balaban J connectivity index is 2.02. The topological polar surface area (TPSA) is 82.1 Å². The highest BCUT2D eigenvalue weighted by Crippen LogP contribution is 2.57. The van der Waals surface area contributed by atoms with Crippen molar-refractivity contribution >= 4 is 11.9 Å². The standard InChI is InChI=1S/C20H18O6/c1-24-15-7-6-12(11-4-3-5-13-14(11)10-26-18(13)21)16(17(15)25-2)20(8-9-20)19(22)23/h3-7H,8-10H2,1-2H3,(H,22,23). The molecule has 2 aromatic carbocycles. The van der Waals surface area contributed by atoms with Crippen LogP contribution < -0.4 is 9.47 Å². The van der Waals surface area contributed by atoms with Crippen LogP contribution in [0.15, 0.2) is 30.3 Å². The van der Waals surface area contributed by atoms with Gasteiger partial charge in [-0.2, -0.15) is 0 Å². The van der Waals surface area contributed by atoms with E-state index in [1.165, 1.54) is 14.2 Å². The monoisotopic (exact) mass is 354 g/mol. The van der Waals surface area contributed by atoms with Gasteiger partial charge in [0, 0.05) is 11.1 Å². The summed E-state index contributed by atoms with van der Waals surface area (Å²) in [6.45, 7) is 0.179. The zero-order chi connectivity index (χ0) is 18.5. The Morgan fingerprint density at radius 1 is 1.08 bits per heavy atom. The minimum Gasteiger partial charge on any atom is -0.493 e. The number of cyclic esters (lactones) is 1. The molecule has 0 saturated heterocycles. The number of carboxylic acids is 1. The SMILES string of the molecule is COc1ccc(-c2cccc3c2COC3=O)c(C2(C(=O)O)CC2)c1OC. The Morgan fingerprint density at radius 3 is 2.42 bits per heavy atom. The third-order valence-corrected chi connectivity index (χ3v) is 5.22. The number of hydrogen-bond acceptors (Lipinski definition) is 5. The molecule has 0 bridgehead atoms. The number of benzene rings is 2. The lowest BCUT2D eigenvalue weighted by molar-refractivity contribution is -0.140. The fourth-order valence-corrected chi connectivity index (χ4v) is 3.72. The first-order valence-corrected chi connectivity index (χ1v) is 8.31. The van der Waals surface area contributed by atoms with Crippen molar-refractivity contribution in [2.45, 2.75) is 24.9 Å². The molecule has 0 unspecified atom stereocenters. The van der Waals surface area contributed by atoms with E-state index < -0.39 is 11.4 Å². The molecule has 0 radical (unpaired) electrons. The van der Waals surface area contributed by atoms with E-state index in [9.17, 15) is 14.7 Å². The quantitative estimate of drug-likeness (QED) is 0.831. The normalized spacial score (nSPS) is 16.6. The van der Waals surface area contributed by atoms with Crippen LogP contribution in [0.1, 0.15) is 34.3 Å². The van der Waals surface area contributed by atoms with Gasteiger partial charge in [0.15, 0.2) is 11.5 Å². The van der Waals surface area contributed by atoms with Crippen LogP contribution in [0.3, 0.4) is 0 Å². The van der Waals surface area contributed by atoms with Gasteiger partial charge in [-0.05, 0) is 36.1 Å². The molecule has 26 heavy (non-hydrogen) atoms. The molecule has 1 aliphatic carbocycles. The molecule has 1 aliphatic heterocycles. The Kier molecular flexibility index (Phi) is 3.64. The number of carbonyl (C=O) groups excluding carboxylic acids is 1. The van der Waals surface area contributed by atoms with E-state index in [1.807, 2.05) is 12.1 Å². The fraction of sp³-hybridized carbons (Fsp3) is 0.300. The predicted octanol–water partition coefficient (Wildman–Crippen LogP) is 3.16. The van der Waals surface area contributed by atoms with Crippen LogP contribution in [0.25, 0.3) is 11.1 Å². The fourth-order valence-electron chi connectivity index (χ4n) is 3.72. The van der Waals surface area contributed by atoms with Crippen LogP contribution in [0.4, 0.5) is 0 Å². The molecule has 1 saturated carbocycles. The zero-order valence-electron chi connectivity index (χ0n) is 14.5. The van der Waals surface area contributed by atoms with Crippen LogP contribution in [-0.4, -0.2) is 31.3 Å². The first kappa shape index (κ1) is 16.4. The summed E-state index contributed by atoms with van der Waals surface area (Å²) < 4.78 is 16.1. The van der Waals surface area contributed by atoms with Crippen LogP contribution in [0.5, 0.6) is 11.5 Å². The maximum Gasteiger partial charge on any atom is 0.338 e. The third kappa shape index (κ3) is 2.18. The molecule has 134 valence electrons. The maximum atomic E-state index is 12.0. The molecule has 0 atom stereocenters. The van der Waals surface area contributed by atoms with E-state index in [0.29, 0.717) is 35.5 Å². The van der Waals surface area contributed by atoms with Gasteiger partial charge < -0.3 is 19.3 Å². The van der Waals surface area contributed by atoms with Gasteiger partial charge in [0.1, 0.15) is 6.61 Å². The number of fused-ring (bicyclic) bond motifs is 1. The second kappa shape index (κ2) is 5.76. The first-order valence-electron chi connectivity index (χ1n) is 8.31. The maximum absolute atomic E-state index is 12.0. The Labute approximate surface area is 150 Å². The van der Waals surface area contributed by atoms with Crippen molar-refractivity contribution in [3.05, 3.63) is 47.0 Å². The van der Waals surface area contributed by atoms with Gasteiger partial charge in [-0.3, -0.25) is 4.79 Å². The largest absolute Gasteiger partial charge is 0.493 e. The van der Waals surface area contributed by atoms with Gasteiger partial charge in [0.2, 0.25) is 0 Å². The summed E-state index contributed by atoms with van der Waals surface area (Å²) in [6, 6.07) is 8.97. The summed E-state index contributed by atoms with van der Waals surface area (Å²) in [5, 5.41) is 9.87. The van der Waals surface area contributed by atoms with E-state index in [0.717, 1.165) is 16.7 Å². The number of hydrogen-bond donors (Lipinski definition) is 1. The van der Waals surface area contributed by atoms with E-state index >= 15 is 0 Å². The van der Waals surface area contributed by atoms with E-state index in [-0.39, 0.29) is 12.6 Å². The number of aliphatic carboxylic acids is 1. The summed E-state index contributed by atoms with van der Waals surface area (Å²) in [7, 11) is 3.03. The second-order valence-electron chi connectivity index (χ2n) is 6.52. The number of carbonyl (C=O) groups is 2. The number of esters is 1. The average Bonchev–Trinajstić information content (AvgIpc) is 3.38. The van der Waals surface area contributed by atoms with E-state index in [2.05, 4.69) is 0 Å². The highest BCUT2D eigenvalue weighted by molar-refractivity contribution is 5.98. The van der Waals surface area contributed by atoms with Gasteiger partial charge in [0.25, 0.3) is 0 Å². The molecule has 1 N–H and O–H groups in total. The number of methoxy groups -OCH3 is 2. The molecule has 1 heterocycles. The smallest absolute Gasteiger partial charge is 0.338 e. The highest BCUT2D eigenvalue weighted by atomic mass is 16.5. The molecule has 1 fully saturated rings. The first-order chi connectivity index (χ1) is 12.5. The zero-order valence-corrected chi connectivity index (χ0v) is 14.5. The molecule has 0 amide bonds. The van der Waals surface area contributed by atoms with Gasteiger partial charge >= 0.3 is 11.9 Å². The molecule has 2 aromatic rings. The average molecular weight is 354 g/mol. The minimum absolute atomic E-state index is 0.179. The van der Waals surface area contributed by atoms with Crippen molar-refractivity contribution in [1.82, 2.24) is 0 Å². The molecule has 0 spiro atoms. The summed E-state index contributed by atoms with van der Waals surface area (Å²) in [6.07, 6.45) is 1.06. The lowest BCUT2D eigenvalue weighted by Gasteiger charge is -2.22. The Bertz CT molecular complexity index is 926. The van der Waals surface area contributed by atoms with Crippen molar-refractivity contribution in [3.63, 3.8) is 0 Å². The van der Waals surface area contributed by atoms with Crippen LogP contribution in [0, 0.1) is 0 Å². The van der Waals surface area contributed by atoms with Crippen molar-refractivity contribution < 1.29 is 28.9 Å². The third-order valence-electron chi connectivity index (χ3n) is 5.22. The van der Waals surface area contributed by atoms with Crippen LogP contribution >= 0.6 is 0 Å². The molecule has 6 nitrogen and oxygen atoms in total. The molecular weight excluding hydrogens is 336 g/mol. The van der Waals surface area contributed by atoms with Crippen LogP contribution in [-0.2, 0) is 21.6 Å². The van der Waals surface area contributed by atoms with E-state index in [4.69, 9.17) is 14.2 Å². The number of rotatable bonds is 5. The summed E-state index contributed by atoms with van der Waals surface area (Å²) in [5.74, 6) is -0.333. The molecular formula is C20H18O6. The number of carboxylic acid groups (broad SMARTS) is 1. The lowest BCUT2D eigenvalue weighted by atomic mass is 9.85. The molecule has 0 aromatic heterocycles. The van der Waals surface area contributed by atoms with Gasteiger partial charge in [-0.15, -0.1) is 0 Å². The van der Waals surface area contributed by atoms with Crippen molar-refractivity contribution in [2.75, 3.05) is 14.2 Å². The summed E-state index contributed by atoms with van der Waals surface area (Å²) >= 11 is 0. The Hall–Kier alpha value is -3.02. The summed E-state index contributed by atoms with van der Waals surface area (Å²) in [5.41, 5.74) is 2.41. The Morgan fingerprint density at radius 2 is 1.81 bits per heavy atom. The van der Waals surface area contributed by atoms with Gasteiger partial charge in [0.05, 0.1) is 25.2 Å². The second-order valence-corrected chi connectivity index (χ2v) is 6.52. The molecule has 2 aliphatic rings. The van der Waals surface area contributed by atoms with Crippen LogP contribution in [0.2, 0.25) is 0 Å². The molecule has 4 rings (SSSR count). The van der Waals surface area contributed by atoms with Gasteiger partial charge in [-0.1, -0.05) is 18.2 Å². The predicted molar refractivity (Wildman–Crippen MR) is 92.6 cm³/mol. The van der Waals surface area contributed by atoms with E-state index in [1.54, 1.807) is 18.2 Å². The summed E-state index contributed by atoms with van der Waals surface area (Å²) in [4.78, 5) is 24.0. The highest BCUT2D eigenvalue weighted by Gasteiger charge is 2.55. The lowest BCUT2D eigenvalue weighted by Crippen LogP contribution is -2.22. The molecule has 6 heteroatoms. The minimum atomic E-state index is -0.999. The number of ether oxygens (including phenoxy) is 3. The van der Waals surface area contributed by atoms with Crippen molar-refractivity contribution in [2.24, 2.45) is 0 Å². The van der Waals surface area contributed by atoms with Crippen molar-refractivity contribution in [3.8, 4) is 22.6 Å².